The Morgan fingerprint density at radius 2 is 1.66 bits per heavy atom. The van der Waals surface area contributed by atoms with Crippen molar-refractivity contribution in [1.82, 2.24) is 10.2 Å². The van der Waals surface area contributed by atoms with Crippen molar-refractivity contribution in [1.29, 1.82) is 0 Å². The zero-order chi connectivity index (χ0) is 28.6. The average Bonchev–Trinajstić information content (AvgIpc) is 3.36. The number of amides is 2. The normalized spacial score (nSPS) is 17.2. The summed E-state index contributed by atoms with van der Waals surface area (Å²) in [4.78, 5) is 37.3. The van der Waals surface area contributed by atoms with E-state index in [0.717, 1.165) is 34.9 Å². The Labute approximate surface area is 224 Å². The minimum absolute atomic E-state index is 0.0259. The number of carbonyl (C=O) groups excluding carboxylic acids is 2. The lowest BCUT2D eigenvalue weighted by atomic mass is 10.0. The molecule has 16 heteroatoms. The second-order valence-electron chi connectivity index (χ2n) is 7.92. The van der Waals surface area contributed by atoms with Gasteiger partial charge in [0, 0.05) is 4.88 Å². The first kappa shape index (κ1) is 29.6. The van der Waals surface area contributed by atoms with E-state index in [1.807, 2.05) is 0 Å². The SMILES string of the molecule is C[C@@H](O)[C@H](NC(=O)CN1C(=O)/C(=C/c2cc(-c3cc(C(F)(F)F)cc(C(F)(F)F)c3)cs2)SC1=S)C(=O)O. The Bertz CT molecular complexity index is 1290. The molecule has 1 aliphatic heterocycles. The van der Waals surface area contributed by atoms with Crippen molar-refractivity contribution < 1.29 is 50.9 Å². The van der Waals surface area contributed by atoms with Gasteiger partial charge >= 0.3 is 18.3 Å². The van der Waals surface area contributed by atoms with Gasteiger partial charge in [-0.25, -0.2) is 4.79 Å². The molecule has 0 aliphatic carbocycles. The predicted octanol–water partition coefficient (Wildman–Crippen LogP) is 4.60. The van der Waals surface area contributed by atoms with E-state index in [1.54, 1.807) is 0 Å². The van der Waals surface area contributed by atoms with Gasteiger partial charge < -0.3 is 15.5 Å². The first-order valence-corrected chi connectivity index (χ1v) is 12.4. The van der Waals surface area contributed by atoms with Crippen molar-refractivity contribution in [2.24, 2.45) is 0 Å². The van der Waals surface area contributed by atoms with Crippen LogP contribution in [0.3, 0.4) is 0 Å². The summed E-state index contributed by atoms with van der Waals surface area (Å²) in [5.74, 6) is -3.11. The molecule has 0 spiro atoms. The van der Waals surface area contributed by atoms with Crippen LogP contribution in [0.5, 0.6) is 0 Å². The van der Waals surface area contributed by atoms with E-state index in [4.69, 9.17) is 17.3 Å². The van der Waals surface area contributed by atoms with E-state index in [1.165, 1.54) is 17.5 Å². The highest BCUT2D eigenvalue weighted by molar-refractivity contribution is 8.26. The number of nitrogens with one attached hydrogen (secondary N) is 1. The van der Waals surface area contributed by atoms with Crippen LogP contribution in [0, 0.1) is 0 Å². The second kappa shape index (κ2) is 11.0. The number of aliphatic hydroxyl groups excluding tert-OH is 1. The minimum Gasteiger partial charge on any atom is -0.480 e. The molecule has 0 radical (unpaired) electrons. The molecule has 0 unspecified atom stereocenters. The monoisotopic (exact) mass is 598 g/mol. The molecule has 1 fully saturated rings. The van der Waals surface area contributed by atoms with Gasteiger partial charge in [0.05, 0.1) is 22.1 Å². The summed E-state index contributed by atoms with van der Waals surface area (Å²) in [6, 6.07) is 0.903. The maximum Gasteiger partial charge on any atom is 0.416 e. The molecule has 38 heavy (non-hydrogen) atoms. The molecule has 204 valence electrons. The van der Waals surface area contributed by atoms with Crippen LogP contribution in [-0.2, 0) is 26.7 Å². The Morgan fingerprint density at radius 1 is 1.08 bits per heavy atom. The molecule has 1 saturated heterocycles. The number of aliphatic carboxylic acids is 1. The molecule has 3 rings (SSSR count). The quantitative estimate of drug-likeness (QED) is 0.243. The zero-order valence-electron chi connectivity index (χ0n) is 18.9. The molecule has 3 N–H and O–H groups in total. The lowest BCUT2D eigenvalue weighted by Crippen LogP contribution is -2.51. The highest BCUT2D eigenvalue weighted by Gasteiger charge is 2.37. The maximum absolute atomic E-state index is 13.2. The van der Waals surface area contributed by atoms with Crippen molar-refractivity contribution in [3.05, 3.63) is 50.6 Å². The largest absolute Gasteiger partial charge is 0.480 e. The average molecular weight is 599 g/mol. The van der Waals surface area contributed by atoms with Gasteiger partial charge in [-0.15, -0.1) is 11.3 Å². The van der Waals surface area contributed by atoms with Crippen LogP contribution in [0.1, 0.15) is 22.9 Å². The van der Waals surface area contributed by atoms with E-state index in [9.17, 15) is 45.8 Å². The summed E-state index contributed by atoms with van der Waals surface area (Å²) >= 11 is 6.85. The third kappa shape index (κ3) is 6.92. The molecule has 1 aromatic heterocycles. The third-order valence-electron chi connectivity index (χ3n) is 5.05. The number of thiocarbonyl (C=S) groups is 1. The molecule has 0 bridgehead atoms. The summed E-state index contributed by atoms with van der Waals surface area (Å²) in [5.41, 5.74) is -3.19. The molecule has 1 aromatic carbocycles. The number of aliphatic hydroxyl groups is 1. The molecule has 0 saturated carbocycles. The van der Waals surface area contributed by atoms with Crippen LogP contribution < -0.4 is 5.32 Å². The van der Waals surface area contributed by atoms with Crippen molar-refractivity contribution in [3.63, 3.8) is 0 Å². The lowest BCUT2D eigenvalue weighted by Gasteiger charge is -2.19. The van der Waals surface area contributed by atoms with Gasteiger partial charge in [0.15, 0.2) is 6.04 Å². The van der Waals surface area contributed by atoms with Crippen molar-refractivity contribution >= 4 is 63.5 Å². The topological polar surface area (TPSA) is 107 Å². The fourth-order valence-electron chi connectivity index (χ4n) is 3.22. The summed E-state index contributed by atoms with van der Waals surface area (Å²) in [6.45, 7) is 0.513. The molecule has 2 aromatic rings. The fraction of sp³-hybridized carbons (Fsp3) is 0.273. The van der Waals surface area contributed by atoms with Crippen LogP contribution in [0.15, 0.2) is 34.6 Å². The van der Waals surface area contributed by atoms with Crippen LogP contribution in [0.25, 0.3) is 17.2 Å². The number of thioether (sulfide) groups is 1. The van der Waals surface area contributed by atoms with E-state index < -0.39 is 60.0 Å². The van der Waals surface area contributed by atoms with Gasteiger partial charge in [-0.1, -0.05) is 24.0 Å². The number of thiophene rings is 1. The Kier molecular flexibility index (Phi) is 8.60. The predicted molar refractivity (Wildman–Crippen MR) is 131 cm³/mol. The number of carboxylic acids is 1. The molecular formula is C22H16F6N2O5S3. The minimum atomic E-state index is -5.01. The first-order chi connectivity index (χ1) is 17.5. The van der Waals surface area contributed by atoms with E-state index >= 15 is 0 Å². The number of hydrogen-bond donors (Lipinski definition) is 3. The number of carboxylic acid groups (broad SMARTS) is 1. The molecule has 2 amide bonds. The molecule has 2 heterocycles. The third-order valence-corrected chi connectivity index (χ3v) is 7.31. The van der Waals surface area contributed by atoms with Gasteiger partial charge in [0.1, 0.15) is 10.9 Å². The van der Waals surface area contributed by atoms with Gasteiger partial charge in [-0.2, -0.15) is 26.3 Å². The van der Waals surface area contributed by atoms with Gasteiger partial charge in [0.25, 0.3) is 5.91 Å². The van der Waals surface area contributed by atoms with Crippen LogP contribution in [-0.4, -0.2) is 55.9 Å². The number of hydrogen-bond acceptors (Lipinski definition) is 7. The summed E-state index contributed by atoms with van der Waals surface area (Å²) in [6.07, 6.45) is -10.1. The van der Waals surface area contributed by atoms with Gasteiger partial charge in [-0.05, 0) is 53.8 Å². The Hall–Kier alpha value is -2.95. The van der Waals surface area contributed by atoms with E-state index in [0.29, 0.717) is 17.0 Å². The molecule has 2 atom stereocenters. The number of carbonyl (C=O) groups is 3. The summed E-state index contributed by atoms with van der Waals surface area (Å²) < 4.78 is 79.1. The Morgan fingerprint density at radius 3 is 2.16 bits per heavy atom. The lowest BCUT2D eigenvalue weighted by molar-refractivity contribution is -0.145. The highest BCUT2D eigenvalue weighted by atomic mass is 32.2. The summed E-state index contributed by atoms with van der Waals surface area (Å²) in [5, 5.41) is 21.9. The molecule has 7 nitrogen and oxygen atoms in total. The summed E-state index contributed by atoms with van der Waals surface area (Å²) in [7, 11) is 0. The van der Waals surface area contributed by atoms with Gasteiger partial charge in [-0.3, -0.25) is 14.5 Å². The van der Waals surface area contributed by atoms with Crippen LogP contribution >= 0.6 is 35.3 Å². The van der Waals surface area contributed by atoms with E-state index in [2.05, 4.69) is 5.32 Å². The molecule has 1 aliphatic rings. The van der Waals surface area contributed by atoms with E-state index in [-0.39, 0.29) is 26.4 Å². The van der Waals surface area contributed by atoms with Crippen molar-refractivity contribution in [2.45, 2.75) is 31.4 Å². The number of nitrogens with zero attached hydrogens (tertiary/aromatic N) is 1. The van der Waals surface area contributed by atoms with Crippen LogP contribution in [0.2, 0.25) is 0 Å². The van der Waals surface area contributed by atoms with Crippen molar-refractivity contribution in [3.8, 4) is 11.1 Å². The van der Waals surface area contributed by atoms with Crippen molar-refractivity contribution in [2.75, 3.05) is 6.54 Å². The highest BCUT2D eigenvalue weighted by Crippen LogP contribution is 2.40. The number of alkyl halides is 6. The smallest absolute Gasteiger partial charge is 0.416 e. The Balaban J connectivity index is 1.82. The zero-order valence-corrected chi connectivity index (χ0v) is 21.3. The van der Waals surface area contributed by atoms with Gasteiger partial charge in [0.2, 0.25) is 5.91 Å². The maximum atomic E-state index is 13.2. The number of benzene rings is 1. The fourth-order valence-corrected chi connectivity index (χ4v) is 5.39. The van der Waals surface area contributed by atoms with Crippen LogP contribution in [0.4, 0.5) is 26.3 Å². The number of halogens is 6. The first-order valence-electron chi connectivity index (χ1n) is 10.3. The standard InChI is InChI=1S/C22H16F6N2O5S3/c1-9(31)17(19(34)35)29-16(32)7-30-18(33)15(38-20(30)36)6-14-4-11(8-37-14)10-2-12(21(23,24)25)5-13(3-10)22(26,27)28/h2-6,8-9,17,31H,7H2,1H3,(H,29,32)(H,34,35)/b15-6-/t9-,17+/m1/s1. The number of rotatable bonds is 7. The second-order valence-corrected chi connectivity index (χ2v) is 10.5. The molecular weight excluding hydrogens is 582 g/mol.